The van der Waals surface area contributed by atoms with Gasteiger partial charge in [0.2, 0.25) is 0 Å². The minimum Gasteiger partial charge on any atom is -0.326 e. The second-order valence-corrected chi connectivity index (χ2v) is 6.64. The van der Waals surface area contributed by atoms with Crippen LogP contribution in [-0.2, 0) is 0 Å². The molecule has 0 aromatic heterocycles. The van der Waals surface area contributed by atoms with Crippen molar-refractivity contribution in [2.45, 2.75) is 44.8 Å². The average Bonchev–Trinajstić information content (AvgIpc) is 2.71. The van der Waals surface area contributed by atoms with Crippen LogP contribution in [0, 0.1) is 11.8 Å². The number of hydrogen-bond donors (Lipinski definition) is 2. The normalized spacial score (nSPS) is 43.0. The third-order valence-corrected chi connectivity index (χ3v) is 5.03. The van der Waals surface area contributed by atoms with Crippen molar-refractivity contribution in [3.8, 4) is 0 Å². The molecule has 4 atom stereocenters. The van der Waals surface area contributed by atoms with Crippen molar-refractivity contribution in [1.29, 1.82) is 0 Å². The van der Waals surface area contributed by atoms with E-state index in [0.29, 0.717) is 18.1 Å². The van der Waals surface area contributed by atoms with Crippen molar-refractivity contribution in [2.75, 3.05) is 13.1 Å². The average molecular weight is 323 g/mol. The fraction of sp³-hybridized carbons (Fsp3) is 1.00. The molecule has 0 saturated carbocycles. The van der Waals surface area contributed by atoms with Crippen molar-refractivity contribution in [3.63, 3.8) is 0 Å². The summed E-state index contributed by atoms with van der Waals surface area (Å²) in [5, 5.41) is 3.68. The van der Waals surface area contributed by atoms with E-state index in [9.17, 15) is 0 Å². The predicted octanol–water partition coefficient (Wildman–Crippen LogP) is 1.37. The van der Waals surface area contributed by atoms with E-state index in [1.165, 1.54) is 13.0 Å². The van der Waals surface area contributed by atoms with Crippen LogP contribution in [0.25, 0.3) is 0 Å². The van der Waals surface area contributed by atoms with Crippen LogP contribution < -0.4 is 11.1 Å². The first kappa shape index (κ1) is 12.1. The molecule has 2 saturated heterocycles. The molecular weight excluding hydrogens is 301 g/mol. The van der Waals surface area contributed by atoms with Gasteiger partial charge in [0, 0.05) is 47.5 Å². The molecule has 0 radical (unpaired) electrons. The molecule has 4 heteroatoms. The third kappa shape index (κ3) is 2.65. The maximum atomic E-state index is 6.00. The summed E-state index contributed by atoms with van der Waals surface area (Å²) in [6, 6.07) is 1.71. The topological polar surface area (TPSA) is 41.3 Å². The highest BCUT2D eigenvalue weighted by Crippen LogP contribution is 2.31. The van der Waals surface area contributed by atoms with Crippen molar-refractivity contribution in [1.82, 2.24) is 8.43 Å². The van der Waals surface area contributed by atoms with E-state index in [4.69, 9.17) is 5.73 Å². The molecule has 3 nitrogen and oxygen atoms in total. The van der Waals surface area contributed by atoms with Gasteiger partial charge in [-0.3, -0.25) is 0 Å². The van der Waals surface area contributed by atoms with Gasteiger partial charge < -0.3 is 11.1 Å². The lowest BCUT2D eigenvalue weighted by Gasteiger charge is -2.24. The molecule has 88 valence electrons. The molecule has 0 bridgehead atoms. The quantitative estimate of drug-likeness (QED) is 0.596. The van der Waals surface area contributed by atoms with E-state index in [2.05, 4.69) is 45.1 Å². The van der Waals surface area contributed by atoms with Crippen molar-refractivity contribution in [2.24, 2.45) is 17.6 Å². The number of rotatable bonds is 2. The fourth-order valence-corrected chi connectivity index (χ4v) is 3.94. The van der Waals surface area contributed by atoms with Gasteiger partial charge >= 0.3 is 0 Å². The lowest BCUT2D eigenvalue weighted by atomic mass is 9.91. The monoisotopic (exact) mass is 323 g/mol. The Morgan fingerprint density at radius 2 is 2.13 bits per heavy atom. The van der Waals surface area contributed by atoms with E-state index in [1.54, 1.807) is 0 Å². The second kappa shape index (κ2) is 4.85. The smallest absolute Gasteiger partial charge is 0.0363 e. The molecule has 0 aromatic rings. The Kier molecular flexibility index (Phi) is 3.91. The lowest BCUT2D eigenvalue weighted by Crippen LogP contribution is -2.39. The fourth-order valence-electron chi connectivity index (χ4n) is 2.81. The standard InChI is InChI=1S/C11H22IN3/c1-7(2)8-3-10(14-5-8)11-4-9(13)6-15(11)12/h7-11,14H,3-6,13H2,1-2H3/t8-,9?,10?,11?/m0/s1. The summed E-state index contributed by atoms with van der Waals surface area (Å²) in [6.45, 7) is 6.90. The molecule has 3 unspecified atom stereocenters. The minimum absolute atomic E-state index is 0.381. The van der Waals surface area contributed by atoms with Crippen LogP contribution in [0.1, 0.15) is 26.7 Å². The van der Waals surface area contributed by atoms with E-state index < -0.39 is 0 Å². The first-order valence-electron chi connectivity index (χ1n) is 5.99. The summed E-state index contributed by atoms with van der Waals surface area (Å²) >= 11 is 2.44. The van der Waals surface area contributed by atoms with Crippen LogP contribution in [0.2, 0.25) is 0 Å². The van der Waals surface area contributed by atoms with Gasteiger partial charge in [0.05, 0.1) is 0 Å². The first-order valence-corrected chi connectivity index (χ1v) is 6.95. The van der Waals surface area contributed by atoms with E-state index in [0.717, 1.165) is 24.8 Å². The summed E-state index contributed by atoms with van der Waals surface area (Å²) in [7, 11) is 0. The van der Waals surface area contributed by atoms with Crippen LogP contribution in [0.3, 0.4) is 0 Å². The van der Waals surface area contributed by atoms with Crippen LogP contribution in [-0.4, -0.2) is 34.3 Å². The zero-order valence-electron chi connectivity index (χ0n) is 9.62. The summed E-state index contributed by atoms with van der Waals surface area (Å²) in [5.74, 6) is 1.66. The zero-order valence-corrected chi connectivity index (χ0v) is 11.8. The van der Waals surface area contributed by atoms with Gasteiger partial charge in [0.15, 0.2) is 0 Å². The van der Waals surface area contributed by atoms with Gasteiger partial charge in [-0.2, -0.15) is 0 Å². The Hall–Kier alpha value is 0.610. The molecule has 2 aliphatic rings. The van der Waals surface area contributed by atoms with E-state index in [1.807, 2.05) is 0 Å². The molecule has 2 aliphatic heterocycles. The van der Waals surface area contributed by atoms with E-state index in [-0.39, 0.29) is 0 Å². The molecular formula is C11H22IN3. The summed E-state index contributed by atoms with van der Waals surface area (Å²) in [6.07, 6.45) is 2.49. The summed E-state index contributed by atoms with van der Waals surface area (Å²) in [4.78, 5) is 0. The molecule has 3 N–H and O–H groups in total. The van der Waals surface area contributed by atoms with Crippen molar-refractivity contribution in [3.05, 3.63) is 0 Å². The molecule has 15 heavy (non-hydrogen) atoms. The second-order valence-electron chi connectivity index (χ2n) is 5.40. The SMILES string of the molecule is CC(C)[C@@H]1CNC(C2CC(N)CN2I)C1. The Morgan fingerprint density at radius 1 is 1.40 bits per heavy atom. The molecule has 2 rings (SSSR count). The van der Waals surface area contributed by atoms with E-state index >= 15 is 0 Å². The summed E-state index contributed by atoms with van der Waals surface area (Å²) in [5.41, 5.74) is 6.00. The van der Waals surface area contributed by atoms with Gasteiger partial charge in [-0.25, -0.2) is 3.11 Å². The maximum absolute atomic E-state index is 6.00. The van der Waals surface area contributed by atoms with Gasteiger partial charge in [0.25, 0.3) is 0 Å². The van der Waals surface area contributed by atoms with Crippen LogP contribution in [0.5, 0.6) is 0 Å². The number of nitrogens with two attached hydrogens (primary N) is 1. The largest absolute Gasteiger partial charge is 0.326 e. The van der Waals surface area contributed by atoms with Gasteiger partial charge in [-0.15, -0.1) is 0 Å². The zero-order chi connectivity index (χ0) is 11.0. The Labute approximate surface area is 107 Å². The molecule has 2 fully saturated rings. The first-order chi connectivity index (χ1) is 7.08. The minimum atomic E-state index is 0.381. The highest BCUT2D eigenvalue weighted by atomic mass is 127. The van der Waals surface area contributed by atoms with Crippen molar-refractivity contribution < 1.29 is 0 Å². The van der Waals surface area contributed by atoms with Gasteiger partial charge in [0.1, 0.15) is 0 Å². The molecule has 0 amide bonds. The van der Waals surface area contributed by atoms with Crippen LogP contribution >= 0.6 is 22.9 Å². The maximum Gasteiger partial charge on any atom is 0.0363 e. The molecule has 0 aliphatic carbocycles. The number of halogens is 1. The molecule has 0 aromatic carbocycles. The van der Waals surface area contributed by atoms with Gasteiger partial charge in [-0.05, 0) is 31.2 Å². The van der Waals surface area contributed by atoms with Gasteiger partial charge in [-0.1, -0.05) is 13.8 Å². The number of hydrogen-bond acceptors (Lipinski definition) is 3. The Balaban J connectivity index is 1.90. The Morgan fingerprint density at radius 3 is 2.60 bits per heavy atom. The van der Waals surface area contributed by atoms with Crippen LogP contribution in [0.15, 0.2) is 0 Å². The highest BCUT2D eigenvalue weighted by molar-refractivity contribution is 14.1. The predicted molar refractivity (Wildman–Crippen MR) is 71.8 cm³/mol. The Bertz CT molecular complexity index is 222. The molecule has 0 spiro atoms. The third-order valence-electron chi connectivity index (χ3n) is 3.92. The highest BCUT2D eigenvalue weighted by Gasteiger charge is 2.38. The summed E-state index contributed by atoms with van der Waals surface area (Å²) < 4.78 is 2.41. The van der Waals surface area contributed by atoms with Crippen LogP contribution in [0.4, 0.5) is 0 Å². The molecule has 2 heterocycles. The van der Waals surface area contributed by atoms with Crippen molar-refractivity contribution >= 4 is 22.9 Å². The number of nitrogens with one attached hydrogen (secondary N) is 1. The lowest BCUT2D eigenvalue weighted by molar-refractivity contribution is 0.347. The number of nitrogens with zero attached hydrogens (tertiary/aromatic N) is 1.